The van der Waals surface area contributed by atoms with Crippen molar-refractivity contribution in [3.8, 4) is 5.75 Å². The third kappa shape index (κ3) is 2.50. The minimum atomic E-state index is -0.613. The molecule has 5 nitrogen and oxygen atoms in total. The molecule has 0 fully saturated rings. The zero-order valence-electron chi connectivity index (χ0n) is 6.54. The van der Waals surface area contributed by atoms with E-state index in [1.54, 1.807) is 0 Å². The number of nitrogens with one attached hydrogen (secondary N) is 2. The van der Waals surface area contributed by atoms with Gasteiger partial charge >= 0.3 is 6.03 Å². The first kappa shape index (κ1) is 9.63. The number of phenols is 1. The molecule has 1 aromatic carbocycles. The molecule has 1 aromatic rings. The average molecular weight is 202 g/mol. The molecule has 6 heteroatoms. The van der Waals surface area contributed by atoms with Gasteiger partial charge in [-0.1, -0.05) is 11.6 Å². The average Bonchev–Trinajstić information content (AvgIpc) is 2.09. The summed E-state index contributed by atoms with van der Waals surface area (Å²) in [6.07, 6.45) is 0. The van der Waals surface area contributed by atoms with Crippen LogP contribution in [-0.4, -0.2) is 11.1 Å². The number of benzene rings is 1. The molecular formula is C7H8ClN3O2. The number of amides is 2. The van der Waals surface area contributed by atoms with Crippen LogP contribution in [0, 0.1) is 0 Å². The third-order valence-corrected chi connectivity index (χ3v) is 1.57. The molecule has 13 heavy (non-hydrogen) atoms. The monoisotopic (exact) mass is 201 g/mol. The van der Waals surface area contributed by atoms with Crippen molar-refractivity contribution in [2.75, 3.05) is 5.32 Å². The predicted octanol–water partition coefficient (Wildman–Crippen LogP) is 1.04. The van der Waals surface area contributed by atoms with Crippen LogP contribution in [0.25, 0.3) is 0 Å². The second-order valence-electron chi connectivity index (χ2n) is 2.26. The molecule has 0 saturated heterocycles. The quantitative estimate of drug-likeness (QED) is 0.237. The van der Waals surface area contributed by atoms with Gasteiger partial charge in [0, 0.05) is 11.1 Å². The van der Waals surface area contributed by atoms with E-state index >= 15 is 0 Å². The standard InChI is InChI=1S/C7H8ClN3O2/c8-4-1-2-5(6(12)3-4)10-7(13)11-9/h1-3,12H,9H2,(H2,10,11,13). The number of nitrogens with two attached hydrogens (primary N) is 1. The van der Waals surface area contributed by atoms with Gasteiger partial charge in [-0.25, -0.2) is 10.6 Å². The number of carbonyl (C=O) groups is 1. The molecule has 0 heterocycles. The third-order valence-electron chi connectivity index (χ3n) is 1.34. The zero-order valence-corrected chi connectivity index (χ0v) is 7.30. The number of hydrogen-bond donors (Lipinski definition) is 4. The molecule has 1 rings (SSSR count). The Morgan fingerprint density at radius 1 is 1.54 bits per heavy atom. The van der Waals surface area contributed by atoms with Crippen molar-refractivity contribution >= 4 is 23.3 Å². The smallest absolute Gasteiger partial charge is 0.333 e. The van der Waals surface area contributed by atoms with Crippen molar-refractivity contribution in [1.29, 1.82) is 0 Å². The van der Waals surface area contributed by atoms with Gasteiger partial charge in [0.1, 0.15) is 5.75 Å². The molecule has 0 aromatic heterocycles. The van der Waals surface area contributed by atoms with Crippen LogP contribution in [0.4, 0.5) is 10.5 Å². The Morgan fingerprint density at radius 2 is 2.23 bits per heavy atom. The van der Waals surface area contributed by atoms with Crippen LogP contribution in [0.2, 0.25) is 5.02 Å². The summed E-state index contributed by atoms with van der Waals surface area (Å²) in [7, 11) is 0. The second-order valence-corrected chi connectivity index (χ2v) is 2.70. The Kier molecular flexibility index (Phi) is 2.94. The number of aromatic hydroxyl groups is 1. The van der Waals surface area contributed by atoms with Gasteiger partial charge in [-0.3, -0.25) is 5.43 Å². The van der Waals surface area contributed by atoms with E-state index in [1.807, 2.05) is 5.43 Å². The van der Waals surface area contributed by atoms with Crippen LogP contribution in [0.5, 0.6) is 5.75 Å². The van der Waals surface area contributed by atoms with Crippen LogP contribution in [0.1, 0.15) is 0 Å². The second kappa shape index (κ2) is 3.97. The largest absolute Gasteiger partial charge is 0.506 e. The zero-order chi connectivity index (χ0) is 9.84. The molecule has 0 aliphatic rings. The molecule has 5 N–H and O–H groups in total. The molecule has 0 bridgehead atoms. The Hall–Kier alpha value is -1.46. The first-order valence-electron chi connectivity index (χ1n) is 3.39. The van der Waals surface area contributed by atoms with Crippen molar-refractivity contribution < 1.29 is 9.90 Å². The number of halogens is 1. The van der Waals surface area contributed by atoms with Crippen LogP contribution < -0.4 is 16.6 Å². The van der Waals surface area contributed by atoms with E-state index in [1.165, 1.54) is 18.2 Å². The van der Waals surface area contributed by atoms with Crippen molar-refractivity contribution in [2.45, 2.75) is 0 Å². The van der Waals surface area contributed by atoms with Gasteiger partial charge in [0.2, 0.25) is 0 Å². The number of rotatable bonds is 1. The first-order chi connectivity index (χ1) is 6.13. The van der Waals surface area contributed by atoms with E-state index in [4.69, 9.17) is 17.4 Å². The van der Waals surface area contributed by atoms with E-state index in [0.29, 0.717) is 5.02 Å². The minimum absolute atomic E-state index is 0.115. The number of phenolic OH excluding ortho intramolecular Hbond substituents is 1. The fourth-order valence-corrected chi connectivity index (χ4v) is 0.935. The summed E-state index contributed by atoms with van der Waals surface area (Å²) in [5, 5.41) is 12.0. The lowest BCUT2D eigenvalue weighted by molar-refractivity contribution is 0.252. The number of anilines is 1. The molecule has 0 aliphatic carbocycles. The summed E-state index contributed by atoms with van der Waals surface area (Å²) in [6, 6.07) is 3.70. The summed E-state index contributed by atoms with van der Waals surface area (Å²) >= 11 is 5.57. The summed E-state index contributed by atoms with van der Waals surface area (Å²) in [4.78, 5) is 10.7. The summed E-state index contributed by atoms with van der Waals surface area (Å²) in [5.74, 6) is 4.72. The number of hydrazine groups is 1. The maximum absolute atomic E-state index is 10.7. The van der Waals surface area contributed by atoms with E-state index in [-0.39, 0.29) is 11.4 Å². The van der Waals surface area contributed by atoms with Crippen LogP contribution in [0.15, 0.2) is 18.2 Å². The summed E-state index contributed by atoms with van der Waals surface area (Å²) in [6.45, 7) is 0. The number of carbonyl (C=O) groups excluding carboxylic acids is 1. The normalized spacial score (nSPS) is 9.38. The molecule has 0 atom stereocenters. The van der Waals surface area contributed by atoms with Gasteiger partial charge in [0.05, 0.1) is 5.69 Å². The Bertz CT molecular complexity index is 330. The predicted molar refractivity (Wildman–Crippen MR) is 49.5 cm³/mol. The molecule has 0 spiro atoms. The molecular weight excluding hydrogens is 194 g/mol. The van der Waals surface area contributed by atoms with Gasteiger partial charge in [-0.2, -0.15) is 0 Å². The molecule has 0 saturated carbocycles. The van der Waals surface area contributed by atoms with Crippen molar-refractivity contribution in [1.82, 2.24) is 5.43 Å². The minimum Gasteiger partial charge on any atom is -0.506 e. The fraction of sp³-hybridized carbons (Fsp3) is 0. The van der Waals surface area contributed by atoms with E-state index in [2.05, 4.69) is 5.32 Å². The number of hydrogen-bond acceptors (Lipinski definition) is 3. The Labute approximate surface area is 79.5 Å². The van der Waals surface area contributed by atoms with Gasteiger partial charge in [0.25, 0.3) is 0 Å². The van der Waals surface area contributed by atoms with Crippen LogP contribution in [-0.2, 0) is 0 Å². The highest BCUT2D eigenvalue weighted by molar-refractivity contribution is 6.30. The Balaban J connectivity index is 2.83. The van der Waals surface area contributed by atoms with Crippen LogP contribution >= 0.6 is 11.6 Å². The molecule has 0 unspecified atom stereocenters. The number of urea groups is 1. The van der Waals surface area contributed by atoms with Gasteiger partial charge in [0.15, 0.2) is 0 Å². The SMILES string of the molecule is NNC(=O)Nc1ccc(Cl)cc1O. The maximum atomic E-state index is 10.7. The summed E-state index contributed by atoms with van der Waals surface area (Å²) in [5.41, 5.74) is 2.10. The molecule has 0 radical (unpaired) electrons. The summed E-state index contributed by atoms with van der Waals surface area (Å²) < 4.78 is 0. The van der Waals surface area contributed by atoms with Gasteiger partial charge < -0.3 is 10.4 Å². The highest BCUT2D eigenvalue weighted by atomic mass is 35.5. The van der Waals surface area contributed by atoms with Crippen molar-refractivity contribution in [3.05, 3.63) is 23.2 Å². The highest BCUT2D eigenvalue weighted by Crippen LogP contribution is 2.26. The van der Waals surface area contributed by atoms with Gasteiger partial charge in [-0.15, -0.1) is 0 Å². The topological polar surface area (TPSA) is 87.4 Å². The van der Waals surface area contributed by atoms with E-state index < -0.39 is 6.03 Å². The maximum Gasteiger partial charge on any atom is 0.333 e. The lowest BCUT2D eigenvalue weighted by atomic mass is 10.3. The molecule has 2 amide bonds. The van der Waals surface area contributed by atoms with Gasteiger partial charge in [-0.05, 0) is 12.1 Å². The van der Waals surface area contributed by atoms with Crippen LogP contribution in [0.3, 0.4) is 0 Å². The Morgan fingerprint density at radius 3 is 2.77 bits per heavy atom. The van der Waals surface area contributed by atoms with Crippen molar-refractivity contribution in [2.24, 2.45) is 5.84 Å². The first-order valence-corrected chi connectivity index (χ1v) is 3.77. The lowest BCUT2D eigenvalue weighted by Crippen LogP contribution is -2.34. The highest BCUT2D eigenvalue weighted by Gasteiger charge is 2.04. The molecule has 0 aliphatic heterocycles. The van der Waals surface area contributed by atoms with E-state index in [0.717, 1.165) is 0 Å². The lowest BCUT2D eigenvalue weighted by Gasteiger charge is -2.05. The molecule has 70 valence electrons. The van der Waals surface area contributed by atoms with Crippen molar-refractivity contribution in [3.63, 3.8) is 0 Å². The van der Waals surface area contributed by atoms with E-state index in [9.17, 15) is 9.90 Å². The fourth-order valence-electron chi connectivity index (χ4n) is 0.769.